The Kier molecular flexibility index (Phi) is 12.7. The van der Waals surface area contributed by atoms with Crippen molar-refractivity contribution in [2.24, 2.45) is 8.80 Å². The van der Waals surface area contributed by atoms with Crippen LogP contribution in [0, 0.1) is 13.8 Å². The van der Waals surface area contributed by atoms with Crippen LogP contribution in [0.4, 0.5) is 11.4 Å². The lowest BCUT2D eigenvalue weighted by Gasteiger charge is -2.51. The minimum Gasteiger partial charge on any atom is -0.319 e. The second-order valence-corrected chi connectivity index (χ2v) is 22.2. The van der Waals surface area contributed by atoms with Gasteiger partial charge in [-0.05, 0) is 84.6 Å². The van der Waals surface area contributed by atoms with Crippen molar-refractivity contribution in [1.29, 1.82) is 0 Å². The molecule has 12 heteroatoms. The van der Waals surface area contributed by atoms with Crippen molar-refractivity contribution in [2.45, 2.75) is 57.3 Å². The monoisotopic (exact) mass is 966 g/mol. The van der Waals surface area contributed by atoms with E-state index in [9.17, 15) is 16.8 Å². The predicted molar refractivity (Wildman–Crippen MR) is 278 cm³/mol. The van der Waals surface area contributed by atoms with E-state index in [-0.39, 0.29) is 33.7 Å². The SMILES string of the molecule is Cc1ccc(S(=O)(=O)N=C2C(c3ccccc3)C(c3ccccc3)N2c2ccccc2SSc2ccccc2N2/C(=N\S(=O)(=O)c3ccc(C)cc3)C(c3ccccc3)C2c2ccccc2)cc1. The Morgan fingerprint density at radius 1 is 0.368 bits per heavy atom. The standard InChI is InChI=1S/C56H46N4O4S4/c1-39-31-35-45(36-32-39)67(61,62)57-55-51(41-19-7-3-8-20-41)53(43-23-11-5-12-24-43)59(55)47-27-15-17-29-49(47)65-66-50-30-18-16-28-48(50)60-54(44-25-13-6-14-26-44)52(42-21-9-4-10-22-42)56(60)58-68(63,64)46-37-33-40(2)34-38-46/h3-38,51-54H,1-2H3/b57-55-,58-56?. The minimum absolute atomic E-state index is 0.129. The van der Waals surface area contributed by atoms with Crippen LogP contribution >= 0.6 is 21.6 Å². The van der Waals surface area contributed by atoms with Crippen LogP contribution in [0.5, 0.6) is 0 Å². The number of benzene rings is 8. The van der Waals surface area contributed by atoms with Gasteiger partial charge < -0.3 is 9.80 Å². The van der Waals surface area contributed by atoms with Crippen LogP contribution in [0.15, 0.2) is 247 Å². The van der Waals surface area contributed by atoms with Gasteiger partial charge in [0.05, 0.1) is 45.1 Å². The lowest BCUT2D eigenvalue weighted by Crippen LogP contribution is -2.54. The summed E-state index contributed by atoms with van der Waals surface area (Å²) in [6.07, 6.45) is 0. The topological polar surface area (TPSA) is 99.5 Å². The van der Waals surface area contributed by atoms with Crippen molar-refractivity contribution < 1.29 is 16.8 Å². The fourth-order valence-corrected chi connectivity index (χ4v) is 13.4. The molecule has 338 valence electrons. The number of aryl methyl sites for hydroxylation is 2. The molecule has 8 aromatic rings. The molecule has 8 nitrogen and oxygen atoms in total. The number of sulfonamides is 2. The molecule has 0 N–H and O–H groups in total. The Morgan fingerprint density at radius 2 is 0.662 bits per heavy atom. The third-order valence-corrected chi connectivity index (χ3v) is 17.4. The van der Waals surface area contributed by atoms with Gasteiger partial charge in [0.15, 0.2) is 0 Å². The summed E-state index contributed by atoms with van der Waals surface area (Å²) < 4.78 is 66.4. The molecule has 0 amide bonds. The summed E-state index contributed by atoms with van der Waals surface area (Å²) >= 11 is 0. The number of rotatable bonds is 13. The summed E-state index contributed by atoms with van der Waals surface area (Å²) in [6, 6.07) is 69.3. The Morgan fingerprint density at radius 3 is 1.00 bits per heavy atom. The number of nitrogens with zero attached hydrogens (tertiary/aromatic N) is 4. The van der Waals surface area contributed by atoms with Crippen LogP contribution in [-0.2, 0) is 20.0 Å². The zero-order chi connectivity index (χ0) is 46.8. The zero-order valence-electron chi connectivity index (χ0n) is 37.1. The van der Waals surface area contributed by atoms with Crippen molar-refractivity contribution in [3.63, 3.8) is 0 Å². The first-order valence-electron chi connectivity index (χ1n) is 22.2. The molecule has 8 aromatic carbocycles. The number of hydrogen-bond donors (Lipinski definition) is 0. The van der Waals surface area contributed by atoms with Crippen LogP contribution in [0.2, 0.25) is 0 Å². The summed E-state index contributed by atoms with van der Waals surface area (Å²) in [6.45, 7) is 3.85. The lowest BCUT2D eigenvalue weighted by atomic mass is 9.77. The van der Waals surface area contributed by atoms with Crippen molar-refractivity contribution >= 4 is 64.7 Å². The lowest BCUT2D eigenvalue weighted by molar-refractivity contribution is 0.563. The van der Waals surface area contributed by atoms with Crippen LogP contribution in [-0.4, -0.2) is 28.5 Å². The van der Waals surface area contributed by atoms with E-state index in [0.29, 0.717) is 11.7 Å². The first kappa shape index (κ1) is 45.1. The van der Waals surface area contributed by atoms with E-state index >= 15 is 0 Å². The third-order valence-electron chi connectivity index (χ3n) is 12.4. The van der Waals surface area contributed by atoms with Crippen LogP contribution in [0.25, 0.3) is 0 Å². The van der Waals surface area contributed by atoms with E-state index in [1.54, 1.807) is 70.1 Å². The van der Waals surface area contributed by atoms with Gasteiger partial charge in [-0.15, -0.1) is 8.80 Å². The first-order valence-corrected chi connectivity index (χ1v) is 27.2. The Hall–Kier alpha value is -6.70. The van der Waals surface area contributed by atoms with Crippen molar-refractivity contribution in [2.75, 3.05) is 9.80 Å². The van der Waals surface area contributed by atoms with Gasteiger partial charge in [0, 0.05) is 9.79 Å². The molecule has 4 unspecified atom stereocenters. The summed E-state index contributed by atoms with van der Waals surface area (Å²) in [4.78, 5) is 6.18. The van der Waals surface area contributed by atoms with Crippen molar-refractivity contribution in [3.05, 3.63) is 252 Å². The van der Waals surface area contributed by atoms with E-state index < -0.39 is 20.0 Å². The Bertz CT molecular complexity index is 3130. The molecule has 0 bridgehead atoms. The first-order chi connectivity index (χ1) is 33.1. The smallest absolute Gasteiger partial charge is 0.283 e. The molecule has 2 fully saturated rings. The average molecular weight is 967 g/mol. The van der Waals surface area contributed by atoms with Gasteiger partial charge in [0.25, 0.3) is 20.0 Å². The molecule has 2 saturated heterocycles. The molecule has 2 aliphatic rings. The molecule has 0 aliphatic carbocycles. The second kappa shape index (κ2) is 19.1. The average Bonchev–Trinajstić information content (AvgIpc) is 3.35. The fraction of sp³-hybridized carbons (Fsp3) is 0.107. The maximum absolute atomic E-state index is 14.2. The van der Waals surface area contributed by atoms with Gasteiger partial charge in [-0.25, -0.2) is 0 Å². The maximum atomic E-state index is 14.2. The van der Waals surface area contributed by atoms with Gasteiger partial charge in [-0.3, -0.25) is 0 Å². The molecular formula is C56H46N4O4S4. The van der Waals surface area contributed by atoms with Crippen molar-refractivity contribution in [3.8, 4) is 0 Å². The number of anilines is 2. The van der Waals surface area contributed by atoms with E-state index in [2.05, 4.69) is 42.9 Å². The highest BCUT2D eigenvalue weighted by molar-refractivity contribution is 8.76. The highest BCUT2D eigenvalue weighted by atomic mass is 33.1. The van der Waals surface area contributed by atoms with Crippen LogP contribution in [0.3, 0.4) is 0 Å². The fourth-order valence-electron chi connectivity index (χ4n) is 9.03. The van der Waals surface area contributed by atoms with E-state index in [0.717, 1.165) is 54.5 Å². The molecule has 0 spiro atoms. The Balaban J connectivity index is 1.07. The highest BCUT2D eigenvalue weighted by Crippen LogP contribution is 2.56. The van der Waals surface area contributed by atoms with Gasteiger partial charge in [-0.2, -0.15) is 16.8 Å². The molecular weight excluding hydrogens is 921 g/mol. The molecule has 2 heterocycles. The van der Waals surface area contributed by atoms with Crippen molar-refractivity contribution in [1.82, 2.24) is 0 Å². The summed E-state index contributed by atoms with van der Waals surface area (Å²) in [5.41, 5.74) is 7.49. The largest absolute Gasteiger partial charge is 0.319 e. The quantitative estimate of drug-likeness (QED) is 0.105. The summed E-state index contributed by atoms with van der Waals surface area (Å²) in [7, 11) is -5.14. The third kappa shape index (κ3) is 8.92. The molecule has 4 atom stereocenters. The molecule has 0 aromatic heterocycles. The van der Waals surface area contributed by atoms with Crippen LogP contribution < -0.4 is 9.80 Å². The molecule has 0 saturated carbocycles. The van der Waals surface area contributed by atoms with Gasteiger partial charge in [-0.1, -0.05) is 203 Å². The second-order valence-electron chi connectivity index (χ2n) is 16.8. The van der Waals surface area contributed by atoms with Gasteiger partial charge in [0.1, 0.15) is 11.7 Å². The number of hydrogen-bond acceptors (Lipinski definition) is 6. The normalized spacial score (nSPS) is 19.4. The van der Waals surface area contributed by atoms with Gasteiger partial charge in [0.2, 0.25) is 0 Å². The maximum Gasteiger partial charge on any atom is 0.283 e. The number of amidine groups is 2. The summed E-state index contributed by atoms with van der Waals surface area (Å²) in [5, 5.41) is 0. The summed E-state index contributed by atoms with van der Waals surface area (Å²) in [5.74, 6) is 0.131. The molecule has 0 radical (unpaired) electrons. The molecule has 10 rings (SSSR count). The Labute approximate surface area is 406 Å². The highest BCUT2D eigenvalue weighted by Gasteiger charge is 2.51. The minimum atomic E-state index is -4.12. The van der Waals surface area contributed by atoms with E-state index in [1.807, 2.05) is 159 Å². The predicted octanol–water partition coefficient (Wildman–Crippen LogP) is 13.4. The zero-order valence-corrected chi connectivity index (χ0v) is 40.4. The van der Waals surface area contributed by atoms with E-state index in [4.69, 9.17) is 0 Å². The van der Waals surface area contributed by atoms with Gasteiger partial charge >= 0.3 is 0 Å². The number of para-hydroxylation sites is 2. The molecule has 68 heavy (non-hydrogen) atoms. The van der Waals surface area contributed by atoms with Crippen LogP contribution in [0.1, 0.15) is 57.3 Å². The van der Waals surface area contributed by atoms with E-state index in [1.165, 1.54) is 0 Å². The molecule has 2 aliphatic heterocycles.